The highest BCUT2D eigenvalue weighted by atomic mass is 16.1. The molecule has 1 heterocycles. The van der Waals surface area contributed by atoms with E-state index in [1.807, 2.05) is 6.92 Å². The van der Waals surface area contributed by atoms with Crippen LogP contribution in [0.25, 0.3) is 0 Å². The molecule has 1 unspecified atom stereocenters. The van der Waals surface area contributed by atoms with Crippen LogP contribution in [0.1, 0.15) is 46.0 Å². The van der Waals surface area contributed by atoms with Crippen LogP contribution in [0.5, 0.6) is 0 Å². The van der Waals surface area contributed by atoms with Crippen LogP contribution in [0.4, 0.5) is 0 Å². The van der Waals surface area contributed by atoms with Crippen molar-refractivity contribution in [3.05, 3.63) is 0 Å². The molecule has 1 aliphatic heterocycles. The molecule has 1 aliphatic rings. The Kier molecular flexibility index (Phi) is 15.4. The number of aldehydes is 1. The fourth-order valence-electron chi connectivity index (χ4n) is 1.39. The van der Waals surface area contributed by atoms with Gasteiger partial charge < -0.3 is 15.8 Å². The molecule has 1 rings (SSSR count). The Labute approximate surface area is 99.0 Å². The van der Waals surface area contributed by atoms with Gasteiger partial charge in [0.05, 0.1) is 0 Å². The third kappa shape index (κ3) is 11.2. The van der Waals surface area contributed by atoms with Crippen LogP contribution >= 0.6 is 0 Å². The summed E-state index contributed by atoms with van der Waals surface area (Å²) in [6.45, 7) is 5.05. The van der Waals surface area contributed by atoms with Gasteiger partial charge >= 0.3 is 0 Å². The molecule has 0 aromatic carbocycles. The summed E-state index contributed by atoms with van der Waals surface area (Å²) in [5.74, 6) is 0.857. The van der Waals surface area contributed by atoms with Crippen molar-refractivity contribution < 1.29 is 9.59 Å². The zero-order valence-corrected chi connectivity index (χ0v) is 10.8. The molecule has 0 spiro atoms. The molecule has 0 aromatic heterocycles. The lowest BCUT2D eigenvalue weighted by Gasteiger charge is -2.01. The van der Waals surface area contributed by atoms with Crippen molar-refractivity contribution in [2.45, 2.75) is 46.0 Å². The molecule has 0 aliphatic carbocycles. The molecule has 1 fully saturated rings. The van der Waals surface area contributed by atoms with Crippen LogP contribution in [0.2, 0.25) is 0 Å². The third-order valence-corrected chi connectivity index (χ3v) is 2.17. The van der Waals surface area contributed by atoms with Gasteiger partial charge in [-0.3, -0.25) is 4.79 Å². The highest BCUT2D eigenvalue weighted by Crippen LogP contribution is 2.14. The van der Waals surface area contributed by atoms with Crippen molar-refractivity contribution in [3.8, 4) is 0 Å². The fourth-order valence-corrected chi connectivity index (χ4v) is 1.39. The van der Waals surface area contributed by atoms with Gasteiger partial charge in [-0.05, 0) is 25.8 Å². The van der Waals surface area contributed by atoms with Crippen LogP contribution in [-0.4, -0.2) is 25.8 Å². The molecular formula is C12H26N2O2. The highest BCUT2D eigenvalue weighted by Gasteiger charge is 2.19. The first-order chi connectivity index (χ1) is 7.74. The molecule has 0 aromatic rings. The first kappa shape index (κ1) is 17.5. The molecule has 16 heavy (non-hydrogen) atoms. The third-order valence-electron chi connectivity index (χ3n) is 2.17. The molecule has 3 N–H and O–H groups in total. The molecule has 96 valence electrons. The minimum Gasteiger partial charge on any atom is -0.356 e. The van der Waals surface area contributed by atoms with Gasteiger partial charge in [0.1, 0.15) is 6.29 Å². The van der Waals surface area contributed by atoms with Gasteiger partial charge in [0.15, 0.2) is 0 Å². The Morgan fingerprint density at radius 2 is 2.00 bits per heavy atom. The molecule has 4 heteroatoms. The summed E-state index contributed by atoms with van der Waals surface area (Å²) in [4.78, 5) is 20.0. The predicted molar refractivity (Wildman–Crippen MR) is 67.1 cm³/mol. The minimum absolute atomic E-state index is 0.230. The van der Waals surface area contributed by atoms with Crippen LogP contribution < -0.4 is 11.1 Å². The van der Waals surface area contributed by atoms with Gasteiger partial charge in [-0.1, -0.05) is 20.3 Å². The molecular weight excluding hydrogens is 204 g/mol. The van der Waals surface area contributed by atoms with E-state index in [0.29, 0.717) is 12.3 Å². The lowest BCUT2D eigenvalue weighted by atomic mass is 10.0. The normalized spacial score (nSPS) is 17.5. The van der Waals surface area contributed by atoms with Crippen molar-refractivity contribution in [2.75, 3.05) is 13.6 Å². The van der Waals surface area contributed by atoms with Gasteiger partial charge in [0.2, 0.25) is 5.91 Å². The van der Waals surface area contributed by atoms with E-state index in [2.05, 4.69) is 18.0 Å². The second-order valence-corrected chi connectivity index (χ2v) is 3.62. The van der Waals surface area contributed by atoms with Gasteiger partial charge in [-0.15, -0.1) is 0 Å². The average Bonchev–Trinajstić information content (AvgIpc) is 2.70. The number of hydrogen-bond donors (Lipinski definition) is 2. The summed E-state index contributed by atoms with van der Waals surface area (Å²) in [5.41, 5.74) is 4.50. The van der Waals surface area contributed by atoms with Crippen LogP contribution in [-0.2, 0) is 9.59 Å². The summed E-state index contributed by atoms with van der Waals surface area (Å²) >= 11 is 0. The first-order valence-electron chi connectivity index (χ1n) is 6.02. The summed E-state index contributed by atoms with van der Waals surface area (Å²) in [7, 11) is 1.50. The quantitative estimate of drug-likeness (QED) is 0.719. The van der Waals surface area contributed by atoms with E-state index in [-0.39, 0.29) is 5.91 Å². The summed E-state index contributed by atoms with van der Waals surface area (Å²) < 4.78 is 0. The topological polar surface area (TPSA) is 72.2 Å². The Morgan fingerprint density at radius 3 is 2.25 bits per heavy atom. The number of nitrogens with two attached hydrogens (primary N) is 1. The van der Waals surface area contributed by atoms with E-state index in [1.54, 1.807) is 0 Å². The van der Waals surface area contributed by atoms with Crippen LogP contribution in [0, 0.1) is 5.92 Å². The molecule has 1 atom stereocenters. The smallest absolute Gasteiger partial charge is 0.220 e. The lowest BCUT2D eigenvalue weighted by Crippen LogP contribution is -2.13. The first-order valence-corrected chi connectivity index (χ1v) is 6.02. The largest absolute Gasteiger partial charge is 0.356 e. The van der Waals surface area contributed by atoms with E-state index in [4.69, 9.17) is 0 Å². The number of amides is 1. The maximum absolute atomic E-state index is 10.6. The number of carbonyl (C=O) groups excluding carboxylic acids is 2. The van der Waals surface area contributed by atoms with E-state index in [1.165, 1.54) is 19.9 Å². The highest BCUT2D eigenvalue weighted by molar-refractivity contribution is 5.78. The second kappa shape index (κ2) is 14.1. The summed E-state index contributed by atoms with van der Waals surface area (Å²) in [5, 5.41) is 2.82. The summed E-state index contributed by atoms with van der Waals surface area (Å²) in [6, 6.07) is 0. The van der Waals surface area contributed by atoms with E-state index >= 15 is 0 Å². The fraction of sp³-hybridized carbons (Fsp3) is 0.833. The Bertz CT molecular complexity index is 172. The SMILES string of the molecule is CCCC1CNC(=O)C1.CCCC=O.CN. The lowest BCUT2D eigenvalue weighted by molar-refractivity contribution is -0.119. The number of rotatable bonds is 4. The van der Waals surface area contributed by atoms with Crippen molar-refractivity contribution in [1.82, 2.24) is 5.32 Å². The number of nitrogens with one attached hydrogen (secondary N) is 1. The molecule has 0 radical (unpaired) electrons. The molecule has 0 bridgehead atoms. The number of carbonyl (C=O) groups is 2. The van der Waals surface area contributed by atoms with Crippen molar-refractivity contribution >= 4 is 12.2 Å². The maximum atomic E-state index is 10.6. The zero-order chi connectivity index (χ0) is 12.8. The van der Waals surface area contributed by atoms with Gasteiger partial charge in [0.25, 0.3) is 0 Å². The van der Waals surface area contributed by atoms with E-state index < -0.39 is 0 Å². The van der Waals surface area contributed by atoms with Gasteiger partial charge in [-0.25, -0.2) is 0 Å². The zero-order valence-electron chi connectivity index (χ0n) is 10.8. The number of hydrogen-bond acceptors (Lipinski definition) is 3. The minimum atomic E-state index is 0.230. The Balaban J connectivity index is 0. The Morgan fingerprint density at radius 1 is 1.38 bits per heavy atom. The van der Waals surface area contributed by atoms with Crippen LogP contribution in [0.15, 0.2) is 0 Å². The van der Waals surface area contributed by atoms with Gasteiger partial charge in [0, 0.05) is 19.4 Å². The van der Waals surface area contributed by atoms with Crippen LogP contribution in [0.3, 0.4) is 0 Å². The second-order valence-electron chi connectivity index (χ2n) is 3.62. The predicted octanol–water partition coefficient (Wildman–Crippen LogP) is 1.48. The van der Waals surface area contributed by atoms with E-state index in [0.717, 1.165) is 25.7 Å². The maximum Gasteiger partial charge on any atom is 0.220 e. The van der Waals surface area contributed by atoms with Gasteiger partial charge in [-0.2, -0.15) is 0 Å². The molecule has 1 amide bonds. The summed E-state index contributed by atoms with van der Waals surface area (Å²) in [6.07, 6.45) is 5.76. The molecule has 0 saturated carbocycles. The molecule has 1 saturated heterocycles. The monoisotopic (exact) mass is 230 g/mol. The van der Waals surface area contributed by atoms with E-state index in [9.17, 15) is 9.59 Å². The van der Waals surface area contributed by atoms with Crippen molar-refractivity contribution in [1.29, 1.82) is 0 Å². The van der Waals surface area contributed by atoms with Crippen molar-refractivity contribution in [2.24, 2.45) is 11.7 Å². The Hall–Kier alpha value is -0.900. The van der Waals surface area contributed by atoms with Crippen molar-refractivity contribution in [3.63, 3.8) is 0 Å². The number of unbranched alkanes of at least 4 members (excludes halogenated alkanes) is 1. The average molecular weight is 230 g/mol. The standard InChI is InChI=1S/C7H13NO.C4H8O.CH5N/c1-2-3-6-4-7(9)8-5-6;1-2-3-4-5;1-2/h6H,2-5H2,1H3,(H,8,9);4H,2-3H2,1H3;2H2,1H3. The molecule has 4 nitrogen and oxygen atoms in total.